The Bertz CT molecular complexity index is 1910. The third-order valence-corrected chi connectivity index (χ3v) is 7.51. The molecule has 1 saturated heterocycles. The molecular formula is C33H31F2N5O6. The zero-order valence-corrected chi connectivity index (χ0v) is 25.0. The molecule has 0 atom stereocenters. The Morgan fingerprint density at radius 3 is 2.67 bits per heavy atom. The Kier molecular flexibility index (Phi) is 9.31. The number of aromatic nitrogens is 2. The van der Waals surface area contributed by atoms with Crippen LogP contribution in [0, 0.1) is 11.6 Å². The molecule has 1 amide bonds. The van der Waals surface area contributed by atoms with Crippen molar-refractivity contribution >= 4 is 33.4 Å². The third-order valence-electron chi connectivity index (χ3n) is 7.51. The van der Waals surface area contributed by atoms with Crippen molar-refractivity contribution in [2.45, 2.75) is 12.8 Å². The average molecular weight is 632 g/mol. The van der Waals surface area contributed by atoms with Crippen LogP contribution in [0.5, 0.6) is 28.9 Å². The molecule has 0 saturated carbocycles. The van der Waals surface area contributed by atoms with Crippen molar-refractivity contribution in [1.82, 2.24) is 14.9 Å². The number of nitrogens with one attached hydrogen (secondary N) is 1. The first kappa shape index (κ1) is 30.9. The molecule has 1 fully saturated rings. The Balaban J connectivity index is 1.11. The van der Waals surface area contributed by atoms with Crippen LogP contribution in [0.2, 0.25) is 0 Å². The summed E-state index contributed by atoms with van der Waals surface area (Å²) in [7, 11) is 1.54. The van der Waals surface area contributed by atoms with Gasteiger partial charge < -0.3 is 29.0 Å². The zero-order chi connectivity index (χ0) is 32.0. The number of morpholine rings is 1. The highest BCUT2D eigenvalue weighted by Crippen LogP contribution is 2.38. The number of aromatic hydroxyl groups is 1. The van der Waals surface area contributed by atoms with Crippen LogP contribution in [0.4, 0.5) is 14.5 Å². The van der Waals surface area contributed by atoms with Crippen molar-refractivity contribution in [3.63, 3.8) is 0 Å². The monoisotopic (exact) mass is 631 g/mol. The van der Waals surface area contributed by atoms with E-state index in [4.69, 9.17) is 18.9 Å². The molecular weight excluding hydrogens is 600 g/mol. The fourth-order valence-electron chi connectivity index (χ4n) is 5.20. The summed E-state index contributed by atoms with van der Waals surface area (Å²) in [4.78, 5) is 21.8. The van der Waals surface area contributed by atoms with E-state index in [9.17, 15) is 14.3 Å². The lowest BCUT2D eigenvalue weighted by Gasteiger charge is -2.26. The molecule has 3 heterocycles. The number of amides is 1. The van der Waals surface area contributed by atoms with Crippen LogP contribution >= 0.6 is 0 Å². The second kappa shape index (κ2) is 13.9. The molecule has 5 aromatic rings. The van der Waals surface area contributed by atoms with Crippen molar-refractivity contribution < 1.29 is 37.6 Å². The van der Waals surface area contributed by atoms with Gasteiger partial charge in [0.15, 0.2) is 28.8 Å². The van der Waals surface area contributed by atoms with Gasteiger partial charge in [-0.3, -0.25) is 14.7 Å². The van der Waals surface area contributed by atoms with Crippen LogP contribution in [0.25, 0.3) is 21.8 Å². The quantitative estimate of drug-likeness (QED) is 0.126. The summed E-state index contributed by atoms with van der Waals surface area (Å²) >= 11 is 0. The van der Waals surface area contributed by atoms with E-state index >= 15 is 4.39 Å². The number of azo groups is 1. The van der Waals surface area contributed by atoms with Crippen LogP contribution in [-0.2, 0) is 16.0 Å². The summed E-state index contributed by atoms with van der Waals surface area (Å²) in [5.41, 5.74) is 1.24. The van der Waals surface area contributed by atoms with Gasteiger partial charge in [0.1, 0.15) is 11.6 Å². The van der Waals surface area contributed by atoms with E-state index in [1.165, 1.54) is 30.3 Å². The Morgan fingerprint density at radius 1 is 1.02 bits per heavy atom. The molecule has 0 radical (unpaired) electrons. The molecule has 238 valence electrons. The SMILES string of the molecule is COc1cc2c(Oc3ccc(CC(=O)N=Nc4c(O)[nH]c5cc(F)ccc45)cc3F)ccnc2cc1OCCCN1CCOCC1. The van der Waals surface area contributed by atoms with Gasteiger partial charge in [-0.15, -0.1) is 10.2 Å². The van der Waals surface area contributed by atoms with Crippen LogP contribution in [0.1, 0.15) is 12.0 Å². The molecule has 11 nitrogen and oxygen atoms in total. The molecule has 0 aliphatic carbocycles. The summed E-state index contributed by atoms with van der Waals surface area (Å²) in [6.07, 6.45) is 2.16. The second-order valence-corrected chi connectivity index (χ2v) is 10.6. The summed E-state index contributed by atoms with van der Waals surface area (Å²) in [5.74, 6) is -0.855. The lowest BCUT2D eigenvalue weighted by Crippen LogP contribution is -2.37. The zero-order valence-electron chi connectivity index (χ0n) is 25.0. The summed E-state index contributed by atoms with van der Waals surface area (Å²) in [5, 5.41) is 18.5. The maximum absolute atomic E-state index is 15.1. The van der Waals surface area contributed by atoms with Crippen LogP contribution in [-0.4, -0.2) is 72.4 Å². The molecule has 46 heavy (non-hydrogen) atoms. The van der Waals surface area contributed by atoms with Crippen LogP contribution in [0.15, 0.2) is 71.0 Å². The predicted octanol–water partition coefficient (Wildman–Crippen LogP) is 6.45. The molecule has 0 bridgehead atoms. The Morgan fingerprint density at radius 2 is 1.87 bits per heavy atom. The van der Waals surface area contributed by atoms with Crippen molar-refractivity contribution in [3.8, 4) is 28.9 Å². The van der Waals surface area contributed by atoms with Gasteiger partial charge in [0, 0.05) is 42.7 Å². The molecule has 13 heteroatoms. The van der Waals surface area contributed by atoms with Gasteiger partial charge in [0.2, 0.25) is 5.88 Å². The molecule has 0 unspecified atom stereocenters. The molecule has 2 N–H and O–H groups in total. The molecule has 0 spiro atoms. The number of rotatable bonds is 11. The molecule has 1 aliphatic heterocycles. The molecule has 6 rings (SSSR count). The fraction of sp³-hybridized carbons (Fsp3) is 0.273. The number of benzene rings is 3. The van der Waals surface area contributed by atoms with E-state index in [2.05, 4.69) is 25.1 Å². The first-order valence-corrected chi connectivity index (χ1v) is 14.7. The minimum Gasteiger partial charge on any atom is -0.493 e. The lowest BCUT2D eigenvalue weighted by molar-refractivity contribution is -0.117. The highest BCUT2D eigenvalue weighted by molar-refractivity contribution is 5.94. The number of hydrogen-bond acceptors (Lipinski definition) is 9. The minimum atomic E-state index is -0.685. The number of fused-ring (bicyclic) bond motifs is 2. The smallest absolute Gasteiger partial charge is 0.269 e. The van der Waals surface area contributed by atoms with Crippen molar-refractivity contribution in [3.05, 3.63) is 78.0 Å². The number of pyridine rings is 1. The molecule has 2 aromatic heterocycles. The fourth-order valence-corrected chi connectivity index (χ4v) is 5.20. The van der Waals surface area contributed by atoms with Gasteiger partial charge in [0.25, 0.3) is 5.91 Å². The van der Waals surface area contributed by atoms with Crippen molar-refractivity contribution in [1.29, 1.82) is 0 Å². The largest absolute Gasteiger partial charge is 0.493 e. The van der Waals surface area contributed by atoms with Gasteiger partial charge in [-0.25, -0.2) is 8.78 Å². The van der Waals surface area contributed by atoms with Crippen molar-refractivity contribution in [2.75, 3.05) is 46.6 Å². The van der Waals surface area contributed by atoms with Crippen LogP contribution in [0.3, 0.4) is 0 Å². The van der Waals surface area contributed by atoms with E-state index in [0.717, 1.165) is 39.3 Å². The predicted molar refractivity (Wildman–Crippen MR) is 165 cm³/mol. The number of halogens is 2. The van der Waals surface area contributed by atoms with Gasteiger partial charge >= 0.3 is 0 Å². The average Bonchev–Trinajstić information content (AvgIpc) is 3.37. The number of carbonyl (C=O) groups excluding carboxylic acids is 1. The summed E-state index contributed by atoms with van der Waals surface area (Å²) in [6, 6.07) is 13.1. The Hall–Kier alpha value is -5.14. The van der Waals surface area contributed by atoms with Crippen molar-refractivity contribution in [2.24, 2.45) is 10.2 Å². The standard InChI is InChI=1S/C33H31F2N5O6/c1-43-29-18-23-25(19-30(29)45-12-2-9-40-10-13-44-14-11-40)36-8-7-27(23)46-28-6-3-20(15-24(28)35)16-31(41)38-39-32-22-5-4-21(34)17-26(22)37-33(32)42/h3-8,15,17-19,37,42H,2,9-14,16H2,1H3. The highest BCUT2D eigenvalue weighted by atomic mass is 19.1. The molecule has 3 aromatic carbocycles. The number of methoxy groups -OCH3 is 1. The summed E-state index contributed by atoms with van der Waals surface area (Å²) < 4.78 is 51.5. The van der Waals surface area contributed by atoms with E-state index in [0.29, 0.717) is 51.2 Å². The van der Waals surface area contributed by atoms with Crippen LogP contribution < -0.4 is 14.2 Å². The van der Waals surface area contributed by atoms with E-state index < -0.39 is 17.5 Å². The number of H-pyrrole nitrogens is 1. The number of ether oxygens (including phenoxy) is 4. The van der Waals surface area contributed by atoms with Gasteiger partial charge in [-0.05, 0) is 54.4 Å². The first-order chi connectivity index (χ1) is 22.4. The second-order valence-electron chi connectivity index (χ2n) is 10.6. The number of nitrogens with zero attached hydrogens (tertiary/aromatic N) is 4. The lowest BCUT2D eigenvalue weighted by atomic mass is 10.1. The Labute approximate surface area is 262 Å². The number of aromatic amines is 1. The number of hydrogen-bond donors (Lipinski definition) is 2. The topological polar surface area (TPSA) is 131 Å². The van der Waals surface area contributed by atoms with Gasteiger partial charge in [-0.1, -0.05) is 6.07 Å². The van der Waals surface area contributed by atoms with Gasteiger partial charge in [-0.2, -0.15) is 0 Å². The maximum atomic E-state index is 15.1. The van der Waals surface area contributed by atoms with E-state index in [1.54, 1.807) is 37.6 Å². The number of carbonyl (C=O) groups is 1. The first-order valence-electron chi connectivity index (χ1n) is 14.7. The normalized spacial score (nSPS) is 13.9. The third kappa shape index (κ3) is 7.05. The van der Waals surface area contributed by atoms with Gasteiger partial charge in [0.05, 0.1) is 44.4 Å². The highest BCUT2D eigenvalue weighted by Gasteiger charge is 2.16. The molecule has 1 aliphatic rings. The maximum Gasteiger partial charge on any atom is 0.269 e. The minimum absolute atomic E-state index is 0.00180. The summed E-state index contributed by atoms with van der Waals surface area (Å²) in [6.45, 7) is 4.76. The van der Waals surface area contributed by atoms with E-state index in [1.807, 2.05) is 0 Å². The van der Waals surface area contributed by atoms with E-state index in [-0.39, 0.29) is 23.7 Å².